The van der Waals surface area contributed by atoms with Crippen LogP contribution in [0.1, 0.15) is 18.9 Å². The number of likely N-dealkylation sites (N-methyl/N-ethyl adjacent to an activating group) is 1. The van der Waals surface area contributed by atoms with E-state index >= 15 is 0 Å². The van der Waals surface area contributed by atoms with E-state index in [9.17, 15) is 4.79 Å². The van der Waals surface area contributed by atoms with Gasteiger partial charge in [0.2, 0.25) is 5.91 Å². The molecule has 1 heterocycles. The van der Waals surface area contributed by atoms with Crippen molar-refractivity contribution in [1.29, 1.82) is 0 Å². The molecule has 4 nitrogen and oxygen atoms in total. The number of aliphatic hydroxyl groups is 1. The van der Waals surface area contributed by atoms with E-state index in [4.69, 9.17) is 5.11 Å². The smallest absolute Gasteiger partial charge is 0.227 e. The maximum atomic E-state index is 11.9. The Kier molecular flexibility index (Phi) is 5.63. The Morgan fingerprint density at radius 1 is 1.59 bits per heavy atom. The van der Waals surface area contributed by atoms with Gasteiger partial charge in [0.25, 0.3) is 0 Å². The Morgan fingerprint density at radius 3 is 2.88 bits per heavy atom. The number of hydrogen-bond donors (Lipinski definition) is 1. The summed E-state index contributed by atoms with van der Waals surface area (Å²) in [4.78, 5) is 17.6. The van der Waals surface area contributed by atoms with Crippen LogP contribution in [0.15, 0.2) is 24.5 Å². The highest BCUT2D eigenvalue weighted by molar-refractivity contribution is 5.78. The van der Waals surface area contributed by atoms with Crippen LogP contribution in [-0.2, 0) is 11.2 Å². The molecule has 94 valence electrons. The lowest BCUT2D eigenvalue weighted by Gasteiger charge is -2.21. The van der Waals surface area contributed by atoms with Gasteiger partial charge in [0, 0.05) is 26.0 Å². The van der Waals surface area contributed by atoms with Crippen molar-refractivity contribution in [2.24, 2.45) is 5.92 Å². The van der Waals surface area contributed by atoms with E-state index in [2.05, 4.69) is 4.98 Å². The first kappa shape index (κ1) is 13.6. The molecular formula is C13H20N2O2. The Morgan fingerprint density at radius 2 is 2.35 bits per heavy atom. The van der Waals surface area contributed by atoms with E-state index in [0.29, 0.717) is 13.0 Å². The minimum atomic E-state index is -0.270. The molecule has 0 fully saturated rings. The lowest BCUT2D eigenvalue weighted by molar-refractivity contribution is -0.135. The Labute approximate surface area is 102 Å². The summed E-state index contributed by atoms with van der Waals surface area (Å²) in [5, 5.41) is 9.07. The Balaban J connectivity index is 2.44. The molecule has 0 saturated heterocycles. The van der Waals surface area contributed by atoms with Gasteiger partial charge < -0.3 is 10.0 Å². The molecule has 1 N–H and O–H groups in total. The lowest BCUT2D eigenvalue weighted by atomic mass is 10.1. The molecule has 1 aromatic rings. The van der Waals surface area contributed by atoms with Gasteiger partial charge in [-0.1, -0.05) is 13.0 Å². The van der Waals surface area contributed by atoms with Gasteiger partial charge in [-0.15, -0.1) is 0 Å². The first-order valence-electron chi connectivity index (χ1n) is 5.93. The third-order valence-electron chi connectivity index (χ3n) is 2.90. The van der Waals surface area contributed by atoms with Crippen LogP contribution in [0.3, 0.4) is 0 Å². The number of aromatic nitrogens is 1. The zero-order chi connectivity index (χ0) is 12.7. The molecule has 0 bridgehead atoms. The summed E-state index contributed by atoms with van der Waals surface area (Å²) in [7, 11) is 1.77. The Hall–Kier alpha value is -1.42. The first-order valence-corrected chi connectivity index (χ1v) is 5.93. The van der Waals surface area contributed by atoms with Crippen LogP contribution in [0.5, 0.6) is 0 Å². The summed E-state index contributed by atoms with van der Waals surface area (Å²) in [5.41, 5.74) is 1.11. The number of carbonyl (C=O) groups is 1. The number of nitrogens with zero attached hydrogens (tertiary/aromatic N) is 2. The fourth-order valence-electron chi connectivity index (χ4n) is 1.65. The lowest BCUT2D eigenvalue weighted by Crippen LogP contribution is -2.35. The van der Waals surface area contributed by atoms with Crippen LogP contribution in [0.4, 0.5) is 0 Å². The van der Waals surface area contributed by atoms with E-state index < -0.39 is 0 Å². The van der Waals surface area contributed by atoms with Gasteiger partial charge in [-0.05, 0) is 24.5 Å². The molecule has 1 rings (SSSR count). The molecule has 0 aromatic carbocycles. The molecule has 0 aliphatic heterocycles. The standard InChI is InChI=1S/C13H20N2O2/c1-3-12(10-16)13(17)15(2)8-6-11-5-4-7-14-9-11/h4-5,7,9,12,16H,3,6,8,10H2,1-2H3. The summed E-state index contributed by atoms with van der Waals surface area (Å²) in [6.45, 7) is 2.49. The average Bonchev–Trinajstić information content (AvgIpc) is 2.38. The maximum Gasteiger partial charge on any atom is 0.227 e. The summed E-state index contributed by atoms with van der Waals surface area (Å²) in [5.74, 6) is -0.257. The predicted molar refractivity (Wildman–Crippen MR) is 66.4 cm³/mol. The van der Waals surface area contributed by atoms with Gasteiger partial charge >= 0.3 is 0 Å². The second kappa shape index (κ2) is 7.01. The normalized spacial score (nSPS) is 12.2. The van der Waals surface area contributed by atoms with Crippen LogP contribution in [0, 0.1) is 5.92 Å². The van der Waals surface area contributed by atoms with Gasteiger partial charge in [-0.2, -0.15) is 0 Å². The highest BCUT2D eigenvalue weighted by Gasteiger charge is 2.18. The van der Waals surface area contributed by atoms with Gasteiger partial charge in [-0.3, -0.25) is 9.78 Å². The number of pyridine rings is 1. The van der Waals surface area contributed by atoms with Crippen molar-refractivity contribution in [3.05, 3.63) is 30.1 Å². The van der Waals surface area contributed by atoms with Crippen molar-refractivity contribution < 1.29 is 9.90 Å². The maximum absolute atomic E-state index is 11.9. The predicted octanol–water partition coefficient (Wildman–Crippen LogP) is 1.10. The van der Waals surface area contributed by atoms with E-state index in [1.54, 1.807) is 18.1 Å². The van der Waals surface area contributed by atoms with Gasteiger partial charge in [0.15, 0.2) is 0 Å². The fourth-order valence-corrected chi connectivity index (χ4v) is 1.65. The molecule has 1 unspecified atom stereocenters. The number of amides is 1. The van der Waals surface area contributed by atoms with Crippen molar-refractivity contribution in [1.82, 2.24) is 9.88 Å². The highest BCUT2D eigenvalue weighted by Crippen LogP contribution is 2.07. The van der Waals surface area contributed by atoms with E-state index in [1.165, 1.54) is 0 Å². The molecule has 1 atom stereocenters. The number of carbonyl (C=O) groups excluding carboxylic acids is 1. The first-order chi connectivity index (χ1) is 8.19. The highest BCUT2D eigenvalue weighted by atomic mass is 16.3. The van der Waals surface area contributed by atoms with Crippen molar-refractivity contribution in [3.8, 4) is 0 Å². The second-order valence-corrected chi connectivity index (χ2v) is 4.16. The number of aliphatic hydroxyl groups excluding tert-OH is 1. The largest absolute Gasteiger partial charge is 0.396 e. The molecule has 0 spiro atoms. The Bertz CT molecular complexity index is 337. The zero-order valence-corrected chi connectivity index (χ0v) is 10.5. The SMILES string of the molecule is CCC(CO)C(=O)N(C)CCc1cccnc1. The topological polar surface area (TPSA) is 53.4 Å². The number of hydrogen-bond acceptors (Lipinski definition) is 3. The molecule has 0 radical (unpaired) electrons. The molecule has 4 heteroatoms. The minimum Gasteiger partial charge on any atom is -0.396 e. The molecule has 0 aliphatic carbocycles. The fraction of sp³-hybridized carbons (Fsp3) is 0.538. The third kappa shape index (κ3) is 4.15. The quantitative estimate of drug-likeness (QED) is 0.804. The van der Waals surface area contributed by atoms with Crippen LogP contribution < -0.4 is 0 Å². The van der Waals surface area contributed by atoms with Crippen LogP contribution in [0.25, 0.3) is 0 Å². The van der Waals surface area contributed by atoms with Gasteiger partial charge in [-0.25, -0.2) is 0 Å². The third-order valence-corrected chi connectivity index (χ3v) is 2.90. The summed E-state index contributed by atoms with van der Waals surface area (Å²) < 4.78 is 0. The zero-order valence-electron chi connectivity index (χ0n) is 10.5. The second-order valence-electron chi connectivity index (χ2n) is 4.16. The van der Waals surface area contributed by atoms with Crippen molar-refractivity contribution in [2.45, 2.75) is 19.8 Å². The minimum absolute atomic E-state index is 0.0129. The average molecular weight is 236 g/mol. The molecule has 1 aromatic heterocycles. The van der Waals surface area contributed by atoms with Crippen molar-refractivity contribution in [2.75, 3.05) is 20.2 Å². The molecule has 0 aliphatic rings. The van der Waals surface area contributed by atoms with Gasteiger partial charge in [0.05, 0.1) is 12.5 Å². The van der Waals surface area contributed by atoms with E-state index in [0.717, 1.165) is 12.0 Å². The van der Waals surface area contributed by atoms with Gasteiger partial charge in [0.1, 0.15) is 0 Å². The molecule has 0 saturated carbocycles. The van der Waals surface area contributed by atoms with E-state index in [-0.39, 0.29) is 18.4 Å². The van der Waals surface area contributed by atoms with Crippen molar-refractivity contribution in [3.63, 3.8) is 0 Å². The summed E-state index contributed by atoms with van der Waals surface area (Å²) in [6, 6.07) is 3.88. The molecule has 1 amide bonds. The summed E-state index contributed by atoms with van der Waals surface area (Å²) in [6.07, 6.45) is 5.00. The van der Waals surface area contributed by atoms with Crippen LogP contribution in [0.2, 0.25) is 0 Å². The number of rotatable bonds is 6. The van der Waals surface area contributed by atoms with Crippen LogP contribution >= 0.6 is 0 Å². The summed E-state index contributed by atoms with van der Waals surface area (Å²) >= 11 is 0. The molecular weight excluding hydrogens is 216 g/mol. The van der Waals surface area contributed by atoms with Crippen molar-refractivity contribution >= 4 is 5.91 Å². The van der Waals surface area contributed by atoms with E-state index in [1.807, 2.05) is 25.3 Å². The monoisotopic (exact) mass is 236 g/mol. The molecule has 17 heavy (non-hydrogen) atoms. The van der Waals surface area contributed by atoms with Crippen LogP contribution in [-0.4, -0.2) is 41.1 Å².